The fraction of sp³-hybridized carbons (Fsp3) is 0.261. The zero-order valence-corrected chi connectivity index (χ0v) is 17.0. The number of aromatic nitrogens is 1. The van der Waals surface area contributed by atoms with Crippen LogP contribution in [0.1, 0.15) is 38.8 Å². The highest BCUT2D eigenvalue weighted by molar-refractivity contribution is 5.88. The Balaban J connectivity index is 2.28. The van der Waals surface area contributed by atoms with Crippen LogP contribution in [0, 0.1) is 0 Å². The number of nitrogens with zero attached hydrogens (tertiary/aromatic N) is 1. The fourth-order valence-corrected chi connectivity index (χ4v) is 2.30. The Bertz CT molecular complexity index is 895. The molecule has 0 unspecified atom stereocenters. The molecule has 1 aromatic heterocycles. The van der Waals surface area contributed by atoms with Crippen LogP contribution in [0.4, 0.5) is 0 Å². The maximum Gasteiger partial charge on any atom is 0.331 e. The van der Waals surface area contributed by atoms with Crippen molar-refractivity contribution in [2.45, 2.75) is 33.3 Å². The molecule has 0 saturated heterocycles. The maximum atomic E-state index is 12.0. The summed E-state index contributed by atoms with van der Waals surface area (Å²) < 4.78 is 16.0. The molecule has 0 saturated carbocycles. The van der Waals surface area contributed by atoms with E-state index in [4.69, 9.17) is 14.2 Å². The van der Waals surface area contributed by atoms with E-state index in [1.807, 2.05) is 6.07 Å². The number of hydrogen-bond donors (Lipinski definition) is 0. The molecular weight excluding hydrogens is 370 g/mol. The van der Waals surface area contributed by atoms with Crippen molar-refractivity contribution in [3.8, 4) is 11.5 Å². The average molecular weight is 395 g/mol. The van der Waals surface area contributed by atoms with E-state index in [1.165, 1.54) is 12.2 Å². The molecule has 0 radical (unpaired) electrons. The lowest BCUT2D eigenvalue weighted by Crippen LogP contribution is -2.22. The summed E-state index contributed by atoms with van der Waals surface area (Å²) in [4.78, 5) is 27.6. The second-order valence-electron chi connectivity index (χ2n) is 7.08. The highest BCUT2D eigenvalue weighted by Crippen LogP contribution is 2.25. The van der Waals surface area contributed by atoms with Gasteiger partial charge in [-0.15, -0.1) is 0 Å². The van der Waals surface area contributed by atoms with Crippen molar-refractivity contribution in [3.63, 3.8) is 0 Å². The van der Waals surface area contributed by atoms with Gasteiger partial charge in [0.25, 0.3) is 0 Å². The number of hydrogen-bond acceptors (Lipinski definition) is 6. The van der Waals surface area contributed by atoms with Gasteiger partial charge in [0.1, 0.15) is 17.1 Å². The third kappa shape index (κ3) is 8.43. The van der Waals surface area contributed by atoms with Crippen molar-refractivity contribution in [1.29, 1.82) is 0 Å². The minimum atomic E-state index is -0.569. The molecule has 2 aromatic rings. The molecule has 152 valence electrons. The van der Waals surface area contributed by atoms with Crippen LogP contribution in [0.3, 0.4) is 0 Å². The molecule has 1 aromatic carbocycles. The topological polar surface area (TPSA) is 74.7 Å². The minimum Gasteiger partial charge on any atom is -0.463 e. The average Bonchev–Trinajstić information content (AvgIpc) is 2.64. The number of rotatable bonds is 7. The van der Waals surface area contributed by atoms with Gasteiger partial charge in [-0.2, -0.15) is 0 Å². The van der Waals surface area contributed by atoms with E-state index in [0.717, 1.165) is 0 Å². The van der Waals surface area contributed by atoms with E-state index in [9.17, 15) is 9.59 Å². The number of pyridine rings is 1. The largest absolute Gasteiger partial charge is 0.463 e. The third-order valence-electron chi connectivity index (χ3n) is 3.34. The monoisotopic (exact) mass is 395 g/mol. The molecular formula is C23H25NO5. The van der Waals surface area contributed by atoms with Crippen molar-refractivity contribution in [2.24, 2.45) is 0 Å². The van der Waals surface area contributed by atoms with Gasteiger partial charge < -0.3 is 14.2 Å². The van der Waals surface area contributed by atoms with E-state index in [0.29, 0.717) is 29.2 Å². The molecule has 0 aliphatic rings. The maximum absolute atomic E-state index is 12.0. The first kappa shape index (κ1) is 21.9. The molecule has 6 nitrogen and oxygen atoms in total. The first-order valence-electron chi connectivity index (χ1n) is 9.24. The van der Waals surface area contributed by atoms with Crippen LogP contribution in [0.15, 0.2) is 54.9 Å². The summed E-state index contributed by atoms with van der Waals surface area (Å²) >= 11 is 0. The zero-order valence-electron chi connectivity index (χ0n) is 17.0. The Kier molecular flexibility index (Phi) is 7.71. The van der Waals surface area contributed by atoms with Gasteiger partial charge in [0.15, 0.2) is 0 Å². The summed E-state index contributed by atoms with van der Waals surface area (Å²) in [7, 11) is 0. The Morgan fingerprint density at radius 1 is 1.00 bits per heavy atom. The van der Waals surface area contributed by atoms with Crippen molar-refractivity contribution in [2.75, 3.05) is 6.61 Å². The van der Waals surface area contributed by atoms with Crippen LogP contribution in [-0.4, -0.2) is 29.1 Å². The predicted molar refractivity (Wildman–Crippen MR) is 111 cm³/mol. The molecule has 0 bridgehead atoms. The van der Waals surface area contributed by atoms with E-state index < -0.39 is 17.5 Å². The quantitative estimate of drug-likeness (QED) is 0.495. The lowest BCUT2D eigenvalue weighted by atomic mass is 10.1. The lowest BCUT2D eigenvalue weighted by molar-refractivity contribution is -0.148. The molecule has 0 aliphatic heterocycles. The summed E-state index contributed by atoms with van der Waals surface area (Å²) in [5, 5.41) is 0. The molecule has 0 amide bonds. The van der Waals surface area contributed by atoms with Crippen LogP contribution in [0.2, 0.25) is 0 Å². The molecule has 29 heavy (non-hydrogen) atoms. The molecule has 6 heteroatoms. The third-order valence-corrected chi connectivity index (χ3v) is 3.34. The Labute approximate surface area is 170 Å². The molecule has 0 N–H and O–H groups in total. The molecule has 1 heterocycles. The number of esters is 2. The summed E-state index contributed by atoms with van der Waals surface area (Å²) in [6.07, 6.45) is 9.20. The standard InChI is InChI=1S/C23H25NO5/c1-5-27-21(25)10-8-17-13-18(9-11-22(26)29-23(2,3)4)15-20(14-17)28-19-7-6-12-24-16-19/h6-16H,5H2,1-4H3/b10-8+,11-9+. The van der Waals surface area contributed by atoms with Crippen LogP contribution < -0.4 is 4.74 Å². The van der Waals surface area contributed by atoms with Crippen LogP contribution in [-0.2, 0) is 19.1 Å². The number of carbonyl (C=O) groups is 2. The van der Waals surface area contributed by atoms with Gasteiger partial charge in [0.2, 0.25) is 0 Å². The Hall–Kier alpha value is -3.41. The Morgan fingerprint density at radius 3 is 2.21 bits per heavy atom. The van der Waals surface area contributed by atoms with Crippen molar-refractivity contribution < 1.29 is 23.8 Å². The van der Waals surface area contributed by atoms with Gasteiger partial charge >= 0.3 is 11.9 Å². The normalized spacial score (nSPS) is 11.6. The highest BCUT2D eigenvalue weighted by atomic mass is 16.6. The highest BCUT2D eigenvalue weighted by Gasteiger charge is 2.14. The summed E-state index contributed by atoms with van der Waals surface area (Å²) in [6, 6.07) is 8.91. The first-order chi connectivity index (χ1) is 13.7. The number of benzene rings is 1. The summed E-state index contributed by atoms with van der Waals surface area (Å²) in [6.45, 7) is 7.46. The number of ether oxygens (including phenoxy) is 3. The van der Waals surface area contributed by atoms with Crippen molar-refractivity contribution >= 4 is 24.1 Å². The van der Waals surface area contributed by atoms with E-state index >= 15 is 0 Å². The van der Waals surface area contributed by atoms with Gasteiger partial charge in [-0.1, -0.05) is 0 Å². The second kappa shape index (κ2) is 10.2. The van der Waals surface area contributed by atoms with Gasteiger partial charge in [-0.3, -0.25) is 4.98 Å². The summed E-state index contributed by atoms with van der Waals surface area (Å²) in [5.74, 6) is 0.227. The van der Waals surface area contributed by atoms with E-state index in [1.54, 1.807) is 76.5 Å². The molecule has 0 fully saturated rings. The second-order valence-corrected chi connectivity index (χ2v) is 7.08. The van der Waals surface area contributed by atoms with Gasteiger partial charge in [-0.25, -0.2) is 9.59 Å². The molecule has 2 rings (SSSR count). The fourth-order valence-electron chi connectivity index (χ4n) is 2.30. The van der Waals surface area contributed by atoms with Crippen molar-refractivity contribution in [3.05, 3.63) is 66.0 Å². The van der Waals surface area contributed by atoms with Crippen LogP contribution in [0.25, 0.3) is 12.2 Å². The van der Waals surface area contributed by atoms with E-state index in [-0.39, 0.29) is 0 Å². The van der Waals surface area contributed by atoms with Crippen LogP contribution >= 0.6 is 0 Å². The van der Waals surface area contributed by atoms with E-state index in [2.05, 4.69) is 4.98 Å². The smallest absolute Gasteiger partial charge is 0.331 e. The van der Waals surface area contributed by atoms with Gasteiger partial charge in [0, 0.05) is 18.3 Å². The molecule has 0 atom stereocenters. The molecule has 0 spiro atoms. The number of carbonyl (C=O) groups excluding carboxylic acids is 2. The molecule has 0 aliphatic carbocycles. The lowest BCUT2D eigenvalue weighted by Gasteiger charge is -2.17. The Morgan fingerprint density at radius 2 is 1.66 bits per heavy atom. The van der Waals surface area contributed by atoms with Gasteiger partial charge in [-0.05, 0) is 81.3 Å². The zero-order chi connectivity index (χ0) is 21.3. The van der Waals surface area contributed by atoms with Gasteiger partial charge in [0.05, 0.1) is 12.8 Å². The summed E-state index contributed by atoms with van der Waals surface area (Å²) in [5.41, 5.74) is 0.851. The first-order valence-corrected chi connectivity index (χ1v) is 9.24. The minimum absolute atomic E-state index is 0.303. The van der Waals surface area contributed by atoms with Crippen molar-refractivity contribution in [1.82, 2.24) is 4.98 Å². The predicted octanol–water partition coefficient (Wildman–Crippen LogP) is 4.81. The SMILES string of the molecule is CCOC(=O)/C=C/c1cc(/C=C/C(=O)OC(C)(C)C)cc(Oc2cccnc2)c1. The van der Waals surface area contributed by atoms with Crippen LogP contribution in [0.5, 0.6) is 11.5 Å².